The van der Waals surface area contributed by atoms with Crippen molar-refractivity contribution in [3.8, 4) is 11.1 Å². The standard InChI is InChI=1S/C23H16Br2N2O4/c1-30-22(28)20(21(23(29)31-2)27-10-4-3-9-26-27)19-17-11-13(24)5-7-15(17)16-8-6-14(25)12-18(16)19/h3-12H,1-2H3. The molecule has 0 aliphatic heterocycles. The fourth-order valence-electron chi connectivity index (χ4n) is 3.62. The van der Waals surface area contributed by atoms with Crippen LogP contribution in [0.15, 0.2) is 81.4 Å². The molecule has 0 N–H and O–H groups in total. The van der Waals surface area contributed by atoms with E-state index in [0.717, 1.165) is 31.2 Å². The monoisotopic (exact) mass is 542 g/mol. The Morgan fingerprint density at radius 2 is 1.55 bits per heavy atom. The highest BCUT2D eigenvalue weighted by Gasteiger charge is 2.36. The molecule has 0 unspecified atom stereocenters. The van der Waals surface area contributed by atoms with Crippen molar-refractivity contribution in [2.24, 2.45) is 0 Å². The van der Waals surface area contributed by atoms with Gasteiger partial charge in [0.2, 0.25) is 6.20 Å². The maximum Gasteiger partial charge on any atom is 0.345 e. The number of hydrogen-bond donors (Lipinski definition) is 0. The number of carbonyl (C=O) groups is 1. The van der Waals surface area contributed by atoms with Crippen LogP contribution >= 0.6 is 31.9 Å². The molecule has 4 rings (SSSR count). The Balaban J connectivity index is 2.18. The third kappa shape index (κ3) is 3.77. The fourth-order valence-corrected chi connectivity index (χ4v) is 4.34. The molecule has 0 bridgehead atoms. The molecule has 0 saturated carbocycles. The molecule has 0 amide bonds. The number of nitrogens with zero attached hydrogens (tertiary/aromatic N) is 2. The topological polar surface area (TPSA) is 75.4 Å². The van der Waals surface area contributed by atoms with Gasteiger partial charge in [0.05, 0.1) is 13.3 Å². The van der Waals surface area contributed by atoms with Gasteiger partial charge in [-0.1, -0.05) is 44.0 Å². The second kappa shape index (κ2) is 8.64. The molecule has 3 aromatic rings. The van der Waals surface area contributed by atoms with E-state index >= 15 is 0 Å². The first-order chi connectivity index (χ1) is 15.0. The first-order valence-corrected chi connectivity index (χ1v) is 10.8. The highest BCUT2D eigenvalue weighted by molar-refractivity contribution is 9.10. The van der Waals surface area contributed by atoms with Crippen LogP contribution in [-0.2, 0) is 14.3 Å². The summed E-state index contributed by atoms with van der Waals surface area (Å²) in [5.74, 6) is -1.39. The van der Waals surface area contributed by atoms with E-state index in [2.05, 4.69) is 37.0 Å². The minimum Gasteiger partial charge on any atom is -0.612 e. The number of hydrogen-bond acceptors (Lipinski definition) is 5. The summed E-state index contributed by atoms with van der Waals surface area (Å²) in [4.78, 5) is 13.2. The lowest BCUT2D eigenvalue weighted by molar-refractivity contribution is -0.649. The van der Waals surface area contributed by atoms with E-state index in [-0.39, 0.29) is 11.3 Å². The summed E-state index contributed by atoms with van der Waals surface area (Å²) in [5.41, 5.74) is 4.06. The van der Waals surface area contributed by atoms with Gasteiger partial charge in [-0.05, 0) is 69.5 Å². The molecule has 1 aliphatic rings. The molecule has 156 valence electrons. The van der Waals surface area contributed by atoms with Gasteiger partial charge in [-0.3, -0.25) is 0 Å². The van der Waals surface area contributed by atoms with Crippen molar-refractivity contribution in [3.05, 3.63) is 92.5 Å². The summed E-state index contributed by atoms with van der Waals surface area (Å²) in [6.07, 6.45) is 3.10. The van der Waals surface area contributed by atoms with Crippen molar-refractivity contribution >= 4 is 49.1 Å². The molecule has 0 spiro atoms. The number of halogens is 2. The molecular formula is C23H16Br2N2O4. The number of aromatic nitrogens is 2. The summed E-state index contributed by atoms with van der Waals surface area (Å²) < 4.78 is 13.1. The molecular weight excluding hydrogens is 528 g/mol. The van der Waals surface area contributed by atoms with Crippen molar-refractivity contribution in [1.29, 1.82) is 0 Å². The van der Waals surface area contributed by atoms with Gasteiger partial charge in [-0.2, -0.15) is 0 Å². The average molecular weight is 544 g/mol. The lowest BCUT2D eigenvalue weighted by atomic mass is 9.96. The molecule has 1 aromatic heterocycles. The third-order valence-corrected chi connectivity index (χ3v) is 5.88. The molecule has 0 fully saturated rings. The average Bonchev–Trinajstić information content (AvgIpc) is 3.09. The molecule has 31 heavy (non-hydrogen) atoms. The lowest BCUT2D eigenvalue weighted by Gasteiger charge is -2.15. The number of benzene rings is 2. The first-order valence-electron chi connectivity index (χ1n) is 9.18. The summed E-state index contributed by atoms with van der Waals surface area (Å²) in [6.45, 7) is 0. The molecule has 8 heteroatoms. The third-order valence-electron chi connectivity index (χ3n) is 4.89. The normalized spacial score (nSPS) is 12.6. The summed E-state index contributed by atoms with van der Waals surface area (Å²) >= 11 is 7.03. The van der Waals surface area contributed by atoms with Crippen LogP contribution in [-0.4, -0.2) is 25.3 Å². The summed E-state index contributed by atoms with van der Waals surface area (Å²) in [5, 5.41) is 17.1. The molecule has 6 nitrogen and oxygen atoms in total. The van der Waals surface area contributed by atoms with Crippen molar-refractivity contribution in [1.82, 2.24) is 5.10 Å². The van der Waals surface area contributed by atoms with Crippen LogP contribution in [0, 0.1) is 0 Å². The number of ether oxygens (including phenoxy) is 2. The number of esters is 1. The molecule has 0 atom stereocenters. The minimum atomic E-state index is -0.711. The minimum absolute atomic E-state index is 0.0382. The van der Waals surface area contributed by atoms with Gasteiger partial charge in [-0.25, -0.2) is 4.79 Å². The fraction of sp³-hybridized carbons (Fsp3) is 0.0870. The van der Waals surface area contributed by atoms with Gasteiger partial charge in [0, 0.05) is 20.6 Å². The summed E-state index contributed by atoms with van der Waals surface area (Å²) in [6, 6.07) is 15.1. The molecule has 0 radical (unpaired) electrons. The van der Waals surface area contributed by atoms with Crippen molar-refractivity contribution < 1.29 is 24.1 Å². The second-order valence-electron chi connectivity index (χ2n) is 6.60. The van der Waals surface area contributed by atoms with Crippen LogP contribution in [0.25, 0.3) is 22.4 Å². The van der Waals surface area contributed by atoms with Crippen LogP contribution in [0.2, 0.25) is 0 Å². The first kappa shape index (κ1) is 21.3. The lowest BCUT2D eigenvalue weighted by Crippen LogP contribution is -2.41. The van der Waals surface area contributed by atoms with Gasteiger partial charge in [0.1, 0.15) is 11.5 Å². The maximum absolute atomic E-state index is 13.2. The Kier molecular flexibility index (Phi) is 5.93. The SMILES string of the molecule is COC(=O)C(=C1c2cc(Br)ccc2-c2ccc(Br)cc21)/C(=C(\[O-])OC)[n+]1ccccn1. The number of rotatable bonds is 4. The van der Waals surface area contributed by atoms with E-state index in [9.17, 15) is 9.90 Å². The smallest absolute Gasteiger partial charge is 0.345 e. The highest BCUT2D eigenvalue weighted by Crippen LogP contribution is 2.48. The van der Waals surface area contributed by atoms with E-state index in [4.69, 9.17) is 9.47 Å². The molecule has 1 aliphatic carbocycles. The largest absolute Gasteiger partial charge is 0.612 e. The van der Waals surface area contributed by atoms with Crippen LogP contribution in [0.1, 0.15) is 11.1 Å². The number of fused-ring (bicyclic) bond motifs is 3. The van der Waals surface area contributed by atoms with Crippen LogP contribution in [0.3, 0.4) is 0 Å². The van der Waals surface area contributed by atoms with E-state index in [0.29, 0.717) is 5.57 Å². The van der Waals surface area contributed by atoms with Gasteiger partial charge >= 0.3 is 5.97 Å². The van der Waals surface area contributed by atoms with Crippen molar-refractivity contribution in [3.63, 3.8) is 0 Å². The number of carbonyl (C=O) groups excluding carboxylic acids is 1. The van der Waals surface area contributed by atoms with E-state index < -0.39 is 11.9 Å². The van der Waals surface area contributed by atoms with Gasteiger partial charge < -0.3 is 14.6 Å². The zero-order valence-corrected chi connectivity index (χ0v) is 19.7. The van der Waals surface area contributed by atoms with Crippen LogP contribution in [0.5, 0.6) is 0 Å². The maximum atomic E-state index is 13.2. The highest BCUT2D eigenvalue weighted by atomic mass is 79.9. The Labute approximate surface area is 195 Å². The Bertz CT molecular complexity index is 1200. The Hall–Kier alpha value is -2.97. The summed E-state index contributed by atoms with van der Waals surface area (Å²) in [7, 11) is 2.54. The Morgan fingerprint density at radius 1 is 0.935 bits per heavy atom. The zero-order chi connectivity index (χ0) is 22.1. The van der Waals surface area contributed by atoms with E-state index in [1.165, 1.54) is 25.1 Å². The number of methoxy groups -OCH3 is 2. The van der Waals surface area contributed by atoms with Crippen LogP contribution in [0.4, 0.5) is 0 Å². The molecule has 2 aromatic carbocycles. The molecule has 0 saturated heterocycles. The quantitative estimate of drug-likeness (QED) is 0.170. The van der Waals surface area contributed by atoms with Gasteiger partial charge in [-0.15, -0.1) is 0 Å². The second-order valence-corrected chi connectivity index (χ2v) is 8.44. The predicted molar refractivity (Wildman–Crippen MR) is 120 cm³/mol. The zero-order valence-electron chi connectivity index (χ0n) is 16.6. The predicted octanol–water partition coefficient (Wildman–Crippen LogP) is 3.68. The van der Waals surface area contributed by atoms with Gasteiger partial charge in [0.25, 0.3) is 5.70 Å². The van der Waals surface area contributed by atoms with E-state index in [1.807, 2.05) is 36.4 Å². The van der Waals surface area contributed by atoms with Crippen LogP contribution < -0.4 is 9.79 Å². The van der Waals surface area contributed by atoms with Crippen molar-refractivity contribution in [2.75, 3.05) is 14.2 Å². The Morgan fingerprint density at radius 3 is 2.03 bits per heavy atom. The molecule has 1 heterocycles. The van der Waals surface area contributed by atoms with E-state index in [1.54, 1.807) is 18.3 Å². The van der Waals surface area contributed by atoms with Crippen molar-refractivity contribution in [2.45, 2.75) is 0 Å². The van der Waals surface area contributed by atoms with Gasteiger partial charge in [0.15, 0.2) is 0 Å².